The molecule has 2 heterocycles. The summed E-state index contributed by atoms with van der Waals surface area (Å²) in [5, 5.41) is 5.07. The first-order valence-corrected chi connectivity index (χ1v) is 7.41. The number of hydrogen-bond donors (Lipinski definition) is 1. The van der Waals surface area contributed by atoms with Crippen molar-refractivity contribution >= 4 is 28.3 Å². The first kappa shape index (κ1) is 13.8. The summed E-state index contributed by atoms with van der Waals surface area (Å²) in [5.74, 6) is -0.829. The van der Waals surface area contributed by atoms with Gasteiger partial charge in [-0.1, -0.05) is 18.2 Å². The van der Waals surface area contributed by atoms with Gasteiger partial charge in [0.2, 0.25) is 0 Å². The lowest BCUT2D eigenvalue weighted by molar-refractivity contribution is -0.134. The van der Waals surface area contributed by atoms with E-state index < -0.39 is 11.6 Å². The van der Waals surface area contributed by atoms with Crippen molar-refractivity contribution in [3.8, 4) is 0 Å². The molecule has 0 saturated carbocycles. The van der Waals surface area contributed by atoms with Crippen LogP contribution >= 0.6 is 11.3 Å². The van der Waals surface area contributed by atoms with E-state index in [4.69, 9.17) is 4.74 Å². The summed E-state index contributed by atoms with van der Waals surface area (Å²) in [4.78, 5) is 28.7. The van der Waals surface area contributed by atoms with Crippen molar-refractivity contribution in [2.24, 2.45) is 0 Å². The summed E-state index contributed by atoms with van der Waals surface area (Å²) in [6.07, 6.45) is 0.352. The van der Waals surface area contributed by atoms with E-state index in [1.54, 1.807) is 19.1 Å². The number of thiazole rings is 1. The molecule has 1 aliphatic heterocycles. The number of aromatic nitrogens is 1. The highest BCUT2D eigenvalue weighted by molar-refractivity contribution is 7.13. The van der Waals surface area contributed by atoms with E-state index in [0.717, 1.165) is 11.3 Å². The number of carbonyl (C=O) groups is 2. The lowest BCUT2D eigenvalue weighted by atomic mass is 9.89. The fourth-order valence-electron chi connectivity index (χ4n) is 2.30. The largest absolute Gasteiger partial charge is 0.445 e. The predicted octanol–water partition coefficient (Wildman–Crippen LogP) is 2.56. The lowest BCUT2D eigenvalue weighted by Gasteiger charge is -2.32. The molecule has 0 bridgehead atoms. The van der Waals surface area contributed by atoms with E-state index in [0.29, 0.717) is 17.1 Å². The zero-order chi connectivity index (χ0) is 15.0. The summed E-state index contributed by atoms with van der Waals surface area (Å²) in [7, 11) is 0. The van der Waals surface area contributed by atoms with E-state index in [-0.39, 0.29) is 5.91 Å². The quantitative estimate of drug-likeness (QED) is 0.866. The van der Waals surface area contributed by atoms with Gasteiger partial charge in [0.1, 0.15) is 0 Å². The molecule has 0 spiro atoms. The Balaban J connectivity index is 1.85. The van der Waals surface area contributed by atoms with E-state index in [9.17, 15) is 9.59 Å². The van der Waals surface area contributed by atoms with E-state index in [1.165, 1.54) is 11.3 Å². The number of cyclic esters (lactones) is 1. The fourth-order valence-corrected chi connectivity index (χ4v) is 2.98. The van der Waals surface area contributed by atoms with Gasteiger partial charge in [-0.3, -0.25) is 10.1 Å². The predicted molar refractivity (Wildman–Crippen MR) is 79.4 cm³/mol. The highest BCUT2D eigenvalue weighted by Gasteiger charge is 2.42. The molecule has 1 atom stereocenters. The third-order valence-electron chi connectivity index (χ3n) is 3.40. The minimum absolute atomic E-state index is 0.352. The van der Waals surface area contributed by atoms with Crippen LogP contribution in [0.4, 0.5) is 5.13 Å². The highest BCUT2D eigenvalue weighted by atomic mass is 32.1. The van der Waals surface area contributed by atoms with Gasteiger partial charge in [0.25, 0.3) is 5.91 Å². The molecule has 6 heteroatoms. The third kappa shape index (κ3) is 2.54. The zero-order valence-corrected chi connectivity index (χ0v) is 12.5. The van der Waals surface area contributed by atoms with Gasteiger partial charge in [-0.05, 0) is 25.5 Å². The normalized spacial score (nSPS) is 20.6. The molecule has 1 amide bonds. The van der Waals surface area contributed by atoms with Crippen LogP contribution in [0.25, 0.3) is 0 Å². The number of esters is 1. The van der Waals surface area contributed by atoms with Crippen molar-refractivity contribution in [3.05, 3.63) is 46.5 Å². The first-order chi connectivity index (χ1) is 9.98. The molecule has 1 N–H and O–H groups in total. The monoisotopic (exact) mass is 302 g/mol. The molecule has 0 saturated heterocycles. The number of hydrogen-bond acceptors (Lipinski definition) is 5. The SMILES string of the molecule is Cc1csc(NC(=O)C2(C)Cc3ccccc3C(=O)O2)n1. The number of fused-ring (bicyclic) bond motifs is 1. The Kier molecular flexibility index (Phi) is 3.25. The Morgan fingerprint density at radius 1 is 1.43 bits per heavy atom. The van der Waals surface area contributed by atoms with Crippen molar-refractivity contribution in [2.45, 2.75) is 25.9 Å². The molecule has 3 rings (SSSR count). The number of carbonyl (C=O) groups excluding carboxylic acids is 2. The summed E-state index contributed by atoms with van der Waals surface area (Å²) in [6.45, 7) is 3.47. The van der Waals surface area contributed by atoms with Crippen LogP contribution in [0.2, 0.25) is 0 Å². The van der Waals surface area contributed by atoms with E-state index in [2.05, 4.69) is 10.3 Å². The Labute approximate surface area is 126 Å². The van der Waals surface area contributed by atoms with Crippen LogP contribution in [0.1, 0.15) is 28.5 Å². The van der Waals surface area contributed by atoms with Gasteiger partial charge in [-0.15, -0.1) is 11.3 Å². The molecule has 21 heavy (non-hydrogen) atoms. The molecule has 108 valence electrons. The topological polar surface area (TPSA) is 68.3 Å². The van der Waals surface area contributed by atoms with Crippen molar-refractivity contribution in [1.82, 2.24) is 4.98 Å². The Bertz CT molecular complexity index is 725. The number of nitrogens with zero attached hydrogens (tertiary/aromatic N) is 1. The summed E-state index contributed by atoms with van der Waals surface area (Å²) in [6, 6.07) is 7.18. The van der Waals surface area contributed by atoms with Gasteiger partial charge in [-0.2, -0.15) is 0 Å². The van der Waals surface area contributed by atoms with Crippen molar-refractivity contribution < 1.29 is 14.3 Å². The Morgan fingerprint density at radius 2 is 2.19 bits per heavy atom. The number of benzene rings is 1. The van der Waals surface area contributed by atoms with Crippen LogP contribution in [-0.4, -0.2) is 22.5 Å². The van der Waals surface area contributed by atoms with E-state index in [1.807, 2.05) is 24.4 Å². The fraction of sp³-hybridized carbons (Fsp3) is 0.267. The lowest BCUT2D eigenvalue weighted by Crippen LogP contribution is -2.48. The molecule has 1 aromatic carbocycles. The molecule has 0 radical (unpaired) electrons. The minimum Gasteiger partial charge on any atom is -0.445 e. The second kappa shape index (κ2) is 4.96. The molecular weight excluding hydrogens is 288 g/mol. The molecule has 0 fully saturated rings. The van der Waals surface area contributed by atoms with Crippen LogP contribution < -0.4 is 5.32 Å². The van der Waals surface area contributed by atoms with E-state index >= 15 is 0 Å². The molecule has 1 aliphatic rings. The van der Waals surface area contributed by atoms with Gasteiger partial charge < -0.3 is 4.74 Å². The van der Waals surface area contributed by atoms with Gasteiger partial charge in [0.05, 0.1) is 11.3 Å². The minimum atomic E-state index is -1.22. The number of aryl methyl sites for hydroxylation is 1. The second-order valence-electron chi connectivity index (χ2n) is 5.20. The number of amides is 1. The highest BCUT2D eigenvalue weighted by Crippen LogP contribution is 2.29. The summed E-state index contributed by atoms with van der Waals surface area (Å²) < 4.78 is 5.37. The number of ether oxygens (including phenoxy) is 1. The van der Waals surface area contributed by atoms with Crippen molar-refractivity contribution in [1.29, 1.82) is 0 Å². The van der Waals surface area contributed by atoms with Gasteiger partial charge in [0.15, 0.2) is 10.7 Å². The van der Waals surface area contributed by atoms with Gasteiger partial charge >= 0.3 is 5.97 Å². The molecule has 0 aliphatic carbocycles. The Morgan fingerprint density at radius 3 is 2.90 bits per heavy atom. The molecule has 1 aromatic heterocycles. The average Bonchev–Trinajstić information content (AvgIpc) is 2.84. The van der Waals surface area contributed by atoms with Gasteiger partial charge in [0, 0.05) is 11.8 Å². The zero-order valence-electron chi connectivity index (χ0n) is 11.7. The third-order valence-corrected chi connectivity index (χ3v) is 4.28. The number of nitrogens with one attached hydrogen (secondary N) is 1. The maximum absolute atomic E-state index is 12.4. The van der Waals surface area contributed by atoms with Crippen LogP contribution in [0.5, 0.6) is 0 Å². The Hall–Kier alpha value is -2.21. The maximum Gasteiger partial charge on any atom is 0.339 e. The molecule has 5 nitrogen and oxygen atoms in total. The smallest absolute Gasteiger partial charge is 0.339 e. The first-order valence-electron chi connectivity index (χ1n) is 6.53. The van der Waals surface area contributed by atoms with Crippen molar-refractivity contribution in [3.63, 3.8) is 0 Å². The average molecular weight is 302 g/mol. The van der Waals surface area contributed by atoms with Gasteiger partial charge in [-0.25, -0.2) is 9.78 Å². The summed E-state index contributed by atoms with van der Waals surface area (Å²) in [5.41, 5.74) is 0.964. The summed E-state index contributed by atoms with van der Waals surface area (Å²) >= 11 is 1.34. The molecular formula is C15H14N2O3S. The maximum atomic E-state index is 12.4. The van der Waals surface area contributed by atoms with Crippen LogP contribution in [0, 0.1) is 6.92 Å². The van der Waals surface area contributed by atoms with Crippen LogP contribution in [-0.2, 0) is 16.0 Å². The molecule has 1 unspecified atom stereocenters. The molecule has 2 aromatic rings. The van der Waals surface area contributed by atoms with Crippen molar-refractivity contribution in [2.75, 3.05) is 5.32 Å². The van der Waals surface area contributed by atoms with Crippen LogP contribution in [0.15, 0.2) is 29.6 Å². The second-order valence-corrected chi connectivity index (χ2v) is 6.06. The number of rotatable bonds is 2. The standard InChI is InChI=1S/C15H14N2O3S/c1-9-8-21-14(16-9)17-13(19)15(2)7-10-5-3-4-6-11(10)12(18)20-15/h3-6,8H,7H2,1-2H3,(H,16,17,19). The van der Waals surface area contributed by atoms with Crippen LogP contribution in [0.3, 0.4) is 0 Å². The number of anilines is 1.